The van der Waals surface area contributed by atoms with Gasteiger partial charge in [-0.25, -0.2) is 9.37 Å². The van der Waals surface area contributed by atoms with Gasteiger partial charge in [0.1, 0.15) is 11.6 Å². The standard InChI is InChI=1S/C28H25FN4O2/c29-20-6-10-22(11-7-20)30-27(34)19-5-12-24-25(15-19)33-26(32-24)17-3-8-21(9-4-17)31-28(35)23-14-16-1-2-18(23)13-16/h3-12,15-16,18,23H,1-2,13-14H2,(H,30,34)(H,31,35)(H,32,33). The second-order valence-corrected chi connectivity index (χ2v) is 9.63. The van der Waals surface area contributed by atoms with E-state index in [2.05, 4.69) is 20.6 Å². The van der Waals surface area contributed by atoms with Crippen LogP contribution in [-0.4, -0.2) is 21.8 Å². The average Bonchev–Trinajstić information content (AvgIpc) is 3.61. The van der Waals surface area contributed by atoms with Gasteiger partial charge in [-0.2, -0.15) is 0 Å². The van der Waals surface area contributed by atoms with Gasteiger partial charge in [0.25, 0.3) is 5.91 Å². The minimum atomic E-state index is -0.357. The van der Waals surface area contributed by atoms with Crippen molar-refractivity contribution in [2.75, 3.05) is 10.6 Å². The number of carbonyl (C=O) groups excluding carboxylic acids is 2. The molecule has 3 atom stereocenters. The lowest BCUT2D eigenvalue weighted by Gasteiger charge is -2.20. The molecule has 2 fully saturated rings. The highest BCUT2D eigenvalue weighted by Crippen LogP contribution is 2.48. The van der Waals surface area contributed by atoms with E-state index in [9.17, 15) is 14.0 Å². The number of hydrogen-bond acceptors (Lipinski definition) is 3. The lowest BCUT2D eigenvalue weighted by atomic mass is 9.88. The van der Waals surface area contributed by atoms with Gasteiger partial charge >= 0.3 is 0 Å². The third-order valence-electron chi connectivity index (χ3n) is 7.35. The molecule has 2 bridgehead atoms. The zero-order valence-corrected chi connectivity index (χ0v) is 19.1. The van der Waals surface area contributed by atoms with Gasteiger partial charge in [0.2, 0.25) is 5.91 Å². The topological polar surface area (TPSA) is 86.9 Å². The minimum Gasteiger partial charge on any atom is -0.338 e. The van der Waals surface area contributed by atoms with Gasteiger partial charge in [0.05, 0.1) is 11.0 Å². The molecule has 3 aromatic carbocycles. The van der Waals surface area contributed by atoms with Crippen molar-refractivity contribution < 1.29 is 14.0 Å². The fourth-order valence-electron chi connectivity index (χ4n) is 5.53. The number of nitrogens with zero attached hydrogens (tertiary/aromatic N) is 1. The molecule has 0 spiro atoms. The lowest BCUT2D eigenvalue weighted by Crippen LogP contribution is -2.27. The molecular formula is C28H25FN4O2. The van der Waals surface area contributed by atoms with E-state index in [1.54, 1.807) is 12.1 Å². The molecule has 0 saturated heterocycles. The highest BCUT2D eigenvalue weighted by atomic mass is 19.1. The van der Waals surface area contributed by atoms with Gasteiger partial charge in [-0.3, -0.25) is 9.59 Å². The number of aromatic amines is 1. The predicted molar refractivity (Wildman–Crippen MR) is 133 cm³/mol. The smallest absolute Gasteiger partial charge is 0.255 e. The van der Waals surface area contributed by atoms with E-state index >= 15 is 0 Å². The molecule has 7 heteroatoms. The minimum absolute atomic E-state index is 0.139. The summed E-state index contributed by atoms with van der Waals surface area (Å²) < 4.78 is 13.1. The second kappa shape index (κ2) is 8.65. The molecule has 6 rings (SSSR count). The third kappa shape index (κ3) is 4.30. The summed E-state index contributed by atoms with van der Waals surface area (Å²) in [5.74, 6) is 1.61. The maximum atomic E-state index is 13.1. The molecule has 6 nitrogen and oxygen atoms in total. The highest BCUT2D eigenvalue weighted by Gasteiger charge is 2.43. The van der Waals surface area contributed by atoms with E-state index in [1.165, 1.54) is 43.5 Å². The number of halogens is 1. The molecule has 2 aliphatic carbocycles. The van der Waals surface area contributed by atoms with Gasteiger partial charge in [0.15, 0.2) is 0 Å². The van der Waals surface area contributed by atoms with Crippen LogP contribution in [-0.2, 0) is 4.79 Å². The Bertz CT molecular complexity index is 1410. The first-order valence-corrected chi connectivity index (χ1v) is 12.0. The van der Waals surface area contributed by atoms with E-state index in [-0.39, 0.29) is 23.5 Å². The molecule has 0 radical (unpaired) electrons. The molecule has 1 aromatic heterocycles. The Morgan fingerprint density at radius 2 is 1.63 bits per heavy atom. The number of carbonyl (C=O) groups is 2. The van der Waals surface area contributed by atoms with Crippen molar-refractivity contribution in [1.82, 2.24) is 9.97 Å². The molecule has 4 aromatic rings. The molecule has 2 amide bonds. The van der Waals surface area contributed by atoms with Crippen molar-refractivity contribution in [2.24, 2.45) is 17.8 Å². The van der Waals surface area contributed by atoms with Crippen LogP contribution in [0.4, 0.5) is 15.8 Å². The van der Waals surface area contributed by atoms with Crippen LogP contribution in [0.5, 0.6) is 0 Å². The Morgan fingerprint density at radius 1 is 0.886 bits per heavy atom. The fourth-order valence-corrected chi connectivity index (χ4v) is 5.53. The number of fused-ring (bicyclic) bond motifs is 3. The van der Waals surface area contributed by atoms with Gasteiger partial charge in [-0.05, 0) is 97.8 Å². The first-order valence-electron chi connectivity index (χ1n) is 12.0. The fraction of sp³-hybridized carbons (Fsp3) is 0.250. The van der Waals surface area contributed by atoms with Gasteiger partial charge in [-0.15, -0.1) is 0 Å². The SMILES string of the molecule is O=C(Nc1ccc(F)cc1)c1ccc2[nH]c(-c3ccc(NC(=O)C4CC5CCC4C5)cc3)nc2c1. The van der Waals surface area contributed by atoms with E-state index in [0.717, 1.165) is 29.1 Å². The number of aromatic nitrogens is 2. The van der Waals surface area contributed by atoms with Crippen molar-refractivity contribution in [3.8, 4) is 11.4 Å². The van der Waals surface area contributed by atoms with Crippen LogP contribution < -0.4 is 10.6 Å². The highest BCUT2D eigenvalue weighted by molar-refractivity contribution is 6.06. The zero-order valence-electron chi connectivity index (χ0n) is 19.1. The number of amides is 2. The van der Waals surface area contributed by atoms with E-state index in [0.29, 0.717) is 28.5 Å². The summed E-state index contributed by atoms with van der Waals surface area (Å²) in [5.41, 5.74) is 4.13. The Hall–Kier alpha value is -4.00. The van der Waals surface area contributed by atoms with Gasteiger partial charge < -0.3 is 15.6 Å². The molecule has 176 valence electrons. The van der Waals surface area contributed by atoms with E-state index in [1.807, 2.05) is 30.3 Å². The number of rotatable bonds is 5. The Kier molecular flexibility index (Phi) is 5.32. The van der Waals surface area contributed by atoms with Crippen LogP contribution in [0.2, 0.25) is 0 Å². The molecule has 2 aliphatic rings. The molecule has 0 aliphatic heterocycles. The number of hydrogen-bond donors (Lipinski definition) is 3. The number of anilines is 2. The molecule has 3 unspecified atom stereocenters. The van der Waals surface area contributed by atoms with Crippen molar-refractivity contribution in [3.63, 3.8) is 0 Å². The van der Waals surface area contributed by atoms with Crippen molar-refractivity contribution in [1.29, 1.82) is 0 Å². The second-order valence-electron chi connectivity index (χ2n) is 9.63. The van der Waals surface area contributed by atoms with Gasteiger partial charge in [0, 0.05) is 28.4 Å². The average molecular weight is 469 g/mol. The van der Waals surface area contributed by atoms with Crippen LogP contribution in [0, 0.1) is 23.6 Å². The maximum Gasteiger partial charge on any atom is 0.255 e. The monoisotopic (exact) mass is 468 g/mol. The largest absolute Gasteiger partial charge is 0.338 e. The molecule has 35 heavy (non-hydrogen) atoms. The number of imidazole rings is 1. The number of benzene rings is 3. The summed E-state index contributed by atoms with van der Waals surface area (Å²) in [6.07, 6.45) is 4.70. The normalized spacial score (nSPS) is 20.8. The number of nitrogens with one attached hydrogen (secondary N) is 3. The molecule has 2 saturated carbocycles. The summed E-state index contributed by atoms with van der Waals surface area (Å²) in [7, 11) is 0. The van der Waals surface area contributed by atoms with Crippen LogP contribution in [0.3, 0.4) is 0 Å². The van der Waals surface area contributed by atoms with Crippen LogP contribution in [0.25, 0.3) is 22.4 Å². The van der Waals surface area contributed by atoms with Gasteiger partial charge in [-0.1, -0.05) is 6.42 Å². The van der Waals surface area contributed by atoms with Crippen LogP contribution in [0.1, 0.15) is 36.0 Å². The number of H-pyrrole nitrogens is 1. The Labute approximate surface area is 202 Å². The van der Waals surface area contributed by atoms with Crippen molar-refractivity contribution >= 4 is 34.2 Å². The first kappa shape index (κ1) is 21.5. The Balaban J connectivity index is 1.15. The quantitative estimate of drug-likeness (QED) is 0.336. The summed E-state index contributed by atoms with van der Waals surface area (Å²) in [6.45, 7) is 0. The lowest BCUT2D eigenvalue weighted by molar-refractivity contribution is -0.121. The predicted octanol–water partition coefficient (Wildman–Crippen LogP) is 6.00. The molecule has 3 N–H and O–H groups in total. The Morgan fingerprint density at radius 3 is 2.34 bits per heavy atom. The molecular weight excluding hydrogens is 443 g/mol. The summed E-state index contributed by atoms with van der Waals surface area (Å²) in [5, 5.41) is 5.84. The summed E-state index contributed by atoms with van der Waals surface area (Å²) in [6, 6.07) is 18.5. The van der Waals surface area contributed by atoms with E-state index in [4.69, 9.17) is 0 Å². The van der Waals surface area contributed by atoms with Crippen molar-refractivity contribution in [3.05, 3.63) is 78.1 Å². The summed E-state index contributed by atoms with van der Waals surface area (Å²) >= 11 is 0. The maximum absolute atomic E-state index is 13.1. The zero-order chi connectivity index (χ0) is 23.9. The first-order chi connectivity index (χ1) is 17.0. The van der Waals surface area contributed by atoms with Crippen LogP contribution >= 0.6 is 0 Å². The van der Waals surface area contributed by atoms with Crippen LogP contribution in [0.15, 0.2) is 66.7 Å². The van der Waals surface area contributed by atoms with Crippen molar-refractivity contribution in [2.45, 2.75) is 25.7 Å². The summed E-state index contributed by atoms with van der Waals surface area (Å²) in [4.78, 5) is 33.3. The van der Waals surface area contributed by atoms with E-state index < -0.39 is 0 Å². The molecule has 1 heterocycles. The third-order valence-corrected chi connectivity index (χ3v) is 7.35.